The van der Waals surface area contributed by atoms with E-state index < -0.39 is 20.4 Å². The van der Waals surface area contributed by atoms with Gasteiger partial charge in [0, 0.05) is 14.7 Å². The zero-order chi connectivity index (χ0) is 56.9. The lowest BCUT2D eigenvalue weighted by Gasteiger charge is -2.51. The summed E-state index contributed by atoms with van der Waals surface area (Å²) < 4.78 is 43.5. The lowest BCUT2D eigenvalue weighted by molar-refractivity contribution is 0.411. The van der Waals surface area contributed by atoms with Crippen molar-refractivity contribution in [2.75, 3.05) is 0 Å². The first kappa shape index (κ1) is 60.1. The number of hydrogen-bond donors (Lipinski definition) is 0. The Morgan fingerprint density at radius 3 is 0.667 bits per heavy atom. The molecule has 0 N–H and O–H groups in total. The number of hydrogen-bond acceptors (Lipinski definition) is 3. The number of benzene rings is 4. The van der Waals surface area contributed by atoms with E-state index in [1.807, 2.05) is 12.1 Å². The predicted octanol–water partition coefficient (Wildman–Crippen LogP) is 25.0. The summed E-state index contributed by atoms with van der Waals surface area (Å²) in [6, 6.07) is 25.1. The van der Waals surface area contributed by atoms with Crippen LogP contribution in [0.25, 0.3) is 0 Å². The van der Waals surface area contributed by atoms with Crippen LogP contribution in [0.3, 0.4) is 0 Å². The minimum Gasteiger partial charge on any atom is -0.203 e. The Labute approximate surface area is 514 Å². The second-order valence-corrected chi connectivity index (χ2v) is 34.3. The summed E-state index contributed by atoms with van der Waals surface area (Å²) >= 11 is 0. The first-order valence-electron chi connectivity index (χ1n) is 36.7. The highest BCUT2D eigenvalue weighted by Gasteiger charge is 2.51. The molecule has 4 aromatic rings. The standard InChI is InChI=1S/C79H112O3S2/c1-57-47-49-70(50-48-57)84(80,81)82-83(77-71(61-35-17-5-18-36-61)51-67(58-29-11-2-12-30-58)52-72(77)62-37-19-6-20-38-62,78-73(63-39-21-7-22-40-63)53-68(59-31-13-3-14-32-59)54-74(78)64-41-23-8-24-42-64)79-75(65-43-25-9-26-44-65)55-69(60-33-15-4-16-34-60)56-76(79)66-45-27-10-28-46-66/h47-56,58-66H,2-46H2,1H3. The smallest absolute Gasteiger partial charge is 0.203 e. The van der Waals surface area contributed by atoms with Gasteiger partial charge >= 0.3 is 10.1 Å². The maximum atomic E-state index is 17.3. The SMILES string of the molecule is Cc1ccc(S(=O)(=O)OS(c2c(C3CCCCC3)cc(C3CCCCC3)cc2C2CCCCC2)(c2c(C3CCCCC3)cc(C3CCCCC3)cc2C2CCCCC2)c2c(C3CCCCC3)cc(C3CCCCC3)cc2C2CCCCC2)cc1. The fourth-order valence-corrected chi connectivity index (χ4v) is 26.3. The third-order valence-electron chi connectivity index (χ3n) is 24.4. The van der Waals surface area contributed by atoms with Crippen molar-refractivity contribution in [1.29, 1.82) is 0 Å². The third kappa shape index (κ3) is 13.0. The summed E-state index contributed by atoms with van der Waals surface area (Å²) in [4.78, 5) is 4.72. The molecule has 458 valence electrons. The predicted molar refractivity (Wildman–Crippen MR) is 354 cm³/mol. The topological polar surface area (TPSA) is 43.4 Å². The molecule has 0 radical (unpaired) electrons. The molecule has 84 heavy (non-hydrogen) atoms. The molecule has 0 atom stereocenters. The monoisotopic (exact) mass is 1170 g/mol. The Bertz CT molecular complexity index is 2530. The van der Waals surface area contributed by atoms with E-state index in [0.717, 1.165) is 5.56 Å². The molecule has 5 heteroatoms. The van der Waals surface area contributed by atoms with Gasteiger partial charge in [-0.2, -0.15) is 8.42 Å². The van der Waals surface area contributed by atoms with Crippen LogP contribution in [0.4, 0.5) is 0 Å². The van der Waals surface area contributed by atoms with Gasteiger partial charge in [-0.25, -0.2) is 3.63 Å². The van der Waals surface area contributed by atoms with E-state index in [2.05, 4.69) is 55.5 Å². The lowest BCUT2D eigenvalue weighted by atomic mass is 9.75. The molecule has 9 saturated carbocycles. The zero-order valence-corrected chi connectivity index (χ0v) is 54.5. The molecular formula is C79H112O3S2. The molecule has 3 nitrogen and oxygen atoms in total. The highest BCUT2D eigenvalue weighted by molar-refractivity contribution is 8.33. The first-order valence-corrected chi connectivity index (χ1v) is 39.7. The summed E-state index contributed by atoms with van der Waals surface area (Å²) in [6.45, 7) is 2.12. The van der Waals surface area contributed by atoms with Crippen molar-refractivity contribution < 1.29 is 12.0 Å². The third-order valence-corrected chi connectivity index (χ3v) is 29.9. The molecule has 0 aliphatic heterocycles. The Hall–Kier alpha value is -2.86. The van der Waals surface area contributed by atoms with Crippen LogP contribution in [-0.4, -0.2) is 8.42 Å². The molecule has 9 aliphatic rings. The van der Waals surface area contributed by atoms with Gasteiger partial charge in [0.25, 0.3) is 0 Å². The van der Waals surface area contributed by atoms with Gasteiger partial charge < -0.3 is 0 Å². The highest BCUT2D eigenvalue weighted by atomic mass is 32.3. The normalized spacial score (nSPS) is 24.2. The van der Waals surface area contributed by atoms with Gasteiger partial charge in [-0.15, -0.1) is 0 Å². The average molecular weight is 1170 g/mol. The minimum absolute atomic E-state index is 0.358. The Morgan fingerprint density at radius 2 is 0.464 bits per heavy atom. The summed E-state index contributed by atoms with van der Waals surface area (Å²) in [6.07, 6.45) is 57.0. The fraction of sp³-hybridized carbons (Fsp3) is 0.696. The summed E-state index contributed by atoms with van der Waals surface area (Å²) in [5.41, 5.74) is 15.3. The average Bonchev–Trinajstić information content (AvgIpc) is 0.896. The summed E-state index contributed by atoms with van der Waals surface area (Å²) in [5.74, 6) is 3.99. The van der Waals surface area contributed by atoms with Gasteiger partial charge in [0.1, 0.15) is 0 Å². The maximum absolute atomic E-state index is 17.3. The molecule has 0 saturated heterocycles. The van der Waals surface area contributed by atoms with Crippen LogP contribution in [-0.2, 0) is 13.7 Å². The van der Waals surface area contributed by atoms with Crippen LogP contribution in [0.1, 0.15) is 398 Å². The van der Waals surface area contributed by atoms with E-state index in [9.17, 15) is 0 Å². The quantitative estimate of drug-likeness (QED) is 0.119. The molecule has 4 aromatic carbocycles. The van der Waals surface area contributed by atoms with Crippen LogP contribution < -0.4 is 0 Å². The summed E-state index contributed by atoms with van der Waals surface area (Å²) in [7, 11) is -7.58. The van der Waals surface area contributed by atoms with Gasteiger partial charge in [-0.3, -0.25) is 0 Å². The van der Waals surface area contributed by atoms with Crippen molar-refractivity contribution in [1.82, 2.24) is 0 Å². The molecule has 0 bridgehead atoms. The molecule has 0 amide bonds. The van der Waals surface area contributed by atoms with E-state index in [1.165, 1.54) is 304 Å². The van der Waals surface area contributed by atoms with E-state index in [-0.39, 0.29) is 0 Å². The molecule has 0 unspecified atom stereocenters. The number of aryl methyl sites for hydroxylation is 1. The molecule has 9 fully saturated rings. The lowest BCUT2D eigenvalue weighted by Crippen LogP contribution is -2.27. The van der Waals surface area contributed by atoms with E-state index in [0.29, 0.717) is 58.2 Å². The summed E-state index contributed by atoms with van der Waals surface area (Å²) in [5, 5.41) is 0. The van der Waals surface area contributed by atoms with Gasteiger partial charge in [-0.1, -0.05) is 227 Å². The van der Waals surface area contributed by atoms with Crippen molar-refractivity contribution >= 4 is 20.4 Å². The van der Waals surface area contributed by atoms with Crippen molar-refractivity contribution in [3.8, 4) is 0 Å². The van der Waals surface area contributed by atoms with E-state index >= 15 is 8.42 Å². The molecule has 13 rings (SSSR count). The maximum Gasteiger partial charge on any atom is 0.307 e. The molecule has 0 spiro atoms. The largest absolute Gasteiger partial charge is 0.307 e. The Balaban J connectivity index is 1.27. The van der Waals surface area contributed by atoms with Crippen molar-refractivity contribution in [3.05, 3.63) is 116 Å². The first-order chi connectivity index (χ1) is 41.3. The molecule has 0 heterocycles. The van der Waals surface area contributed by atoms with Crippen LogP contribution in [0.5, 0.6) is 0 Å². The van der Waals surface area contributed by atoms with Crippen LogP contribution >= 0.6 is 10.3 Å². The van der Waals surface area contributed by atoms with E-state index in [4.69, 9.17) is 3.63 Å². The van der Waals surface area contributed by atoms with Gasteiger partial charge in [0.2, 0.25) is 0 Å². The molecule has 9 aliphatic carbocycles. The second kappa shape index (κ2) is 27.9. The number of rotatable bonds is 15. The van der Waals surface area contributed by atoms with Crippen molar-refractivity contribution in [2.45, 2.75) is 369 Å². The van der Waals surface area contributed by atoms with Gasteiger partial charge in [0.05, 0.1) is 4.90 Å². The van der Waals surface area contributed by atoms with Gasteiger partial charge in [-0.05, 0) is 248 Å². The van der Waals surface area contributed by atoms with Gasteiger partial charge in [0.15, 0.2) is 0 Å². The van der Waals surface area contributed by atoms with Crippen LogP contribution in [0.15, 0.2) is 80.2 Å². The van der Waals surface area contributed by atoms with E-state index in [1.54, 1.807) is 50.1 Å². The molecule has 0 aromatic heterocycles. The van der Waals surface area contributed by atoms with Crippen molar-refractivity contribution in [2.24, 2.45) is 0 Å². The fourth-order valence-electron chi connectivity index (χ4n) is 19.7. The highest BCUT2D eigenvalue weighted by Crippen LogP contribution is 2.79. The van der Waals surface area contributed by atoms with Crippen LogP contribution in [0, 0.1) is 6.92 Å². The second-order valence-electron chi connectivity index (χ2n) is 30.0. The minimum atomic E-state index is -4.42. The Morgan fingerprint density at radius 1 is 0.274 bits per heavy atom. The Kier molecular flexibility index (Phi) is 19.9. The zero-order valence-electron chi connectivity index (χ0n) is 52.8. The van der Waals surface area contributed by atoms with Crippen LogP contribution in [0.2, 0.25) is 0 Å². The molecular weight excluding hydrogens is 1060 g/mol. The van der Waals surface area contributed by atoms with Crippen molar-refractivity contribution in [3.63, 3.8) is 0 Å².